The van der Waals surface area contributed by atoms with Crippen LogP contribution in [0, 0.1) is 0 Å². The van der Waals surface area contributed by atoms with Crippen molar-refractivity contribution in [3.63, 3.8) is 0 Å². The lowest BCUT2D eigenvalue weighted by Gasteiger charge is -2.32. The number of thiophene rings is 1. The van der Waals surface area contributed by atoms with Gasteiger partial charge in [0.2, 0.25) is 0 Å². The molecule has 1 aliphatic heterocycles. The molecule has 1 saturated heterocycles. The van der Waals surface area contributed by atoms with Gasteiger partial charge in [0.15, 0.2) is 0 Å². The van der Waals surface area contributed by atoms with E-state index in [9.17, 15) is 4.39 Å². The van der Waals surface area contributed by atoms with Crippen molar-refractivity contribution in [2.24, 2.45) is 0 Å². The average Bonchev–Trinajstić information content (AvgIpc) is 3.03. The summed E-state index contributed by atoms with van der Waals surface area (Å²) >= 11 is 1.48. The van der Waals surface area contributed by atoms with Gasteiger partial charge in [-0.3, -0.25) is 4.98 Å². The van der Waals surface area contributed by atoms with Crippen molar-refractivity contribution in [2.45, 2.75) is 38.9 Å². The Morgan fingerprint density at radius 2 is 1.83 bits per heavy atom. The first kappa shape index (κ1) is 16.4. The fourth-order valence-electron chi connectivity index (χ4n) is 2.24. The van der Waals surface area contributed by atoms with Crippen LogP contribution in [0.15, 0.2) is 42.3 Å². The van der Waals surface area contributed by atoms with Gasteiger partial charge in [0.05, 0.1) is 21.8 Å². The van der Waals surface area contributed by atoms with E-state index in [0.717, 1.165) is 15.4 Å². The van der Waals surface area contributed by atoms with E-state index < -0.39 is 24.0 Å². The van der Waals surface area contributed by atoms with Crippen molar-refractivity contribution in [1.82, 2.24) is 4.98 Å². The first-order valence-electron chi connectivity index (χ1n) is 7.52. The first-order valence-corrected chi connectivity index (χ1v) is 8.34. The van der Waals surface area contributed by atoms with Gasteiger partial charge < -0.3 is 9.31 Å². The number of pyridine rings is 1. The van der Waals surface area contributed by atoms with Crippen LogP contribution in [-0.2, 0) is 9.31 Å². The zero-order chi connectivity index (χ0) is 16.7. The molecule has 2 aromatic heterocycles. The van der Waals surface area contributed by atoms with Crippen LogP contribution in [0.5, 0.6) is 0 Å². The van der Waals surface area contributed by atoms with E-state index in [1.54, 1.807) is 6.20 Å². The highest BCUT2D eigenvalue weighted by molar-refractivity contribution is 7.16. The second-order valence-electron chi connectivity index (χ2n) is 6.53. The van der Waals surface area contributed by atoms with Crippen LogP contribution in [0.1, 0.15) is 32.6 Å². The van der Waals surface area contributed by atoms with E-state index in [1.807, 2.05) is 58.0 Å². The van der Waals surface area contributed by atoms with Crippen LogP contribution in [0.2, 0.25) is 0 Å². The number of hydrogen-bond acceptors (Lipinski definition) is 4. The minimum atomic E-state index is -0.958. The summed E-state index contributed by atoms with van der Waals surface area (Å²) in [6.07, 6.45) is 3.22. The van der Waals surface area contributed by atoms with Gasteiger partial charge in [0.25, 0.3) is 0 Å². The lowest BCUT2D eigenvalue weighted by atomic mass is 9.87. The normalized spacial score (nSPS) is 20.0. The monoisotopic (exact) mass is 331 g/mol. The maximum atomic E-state index is 14.5. The van der Waals surface area contributed by atoms with Crippen molar-refractivity contribution >= 4 is 24.5 Å². The third kappa shape index (κ3) is 3.25. The second kappa shape index (κ2) is 5.85. The Bertz CT molecular complexity index is 711. The minimum Gasteiger partial charge on any atom is -0.398 e. The molecule has 23 heavy (non-hydrogen) atoms. The Labute approximate surface area is 140 Å². The van der Waals surface area contributed by atoms with Crippen LogP contribution < -0.4 is 0 Å². The average molecular weight is 331 g/mol. The third-order valence-corrected chi connectivity index (χ3v) is 5.36. The SMILES string of the molecule is CC1(C)OB(C(F)=Cc2ccc(-c3ccccn3)s2)OC1(C)C. The van der Waals surface area contributed by atoms with E-state index in [1.165, 1.54) is 17.4 Å². The summed E-state index contributed by atoms with van der Waals surface area (Å²) in [7, 11) is -0.958. The summed E-state index contributed by atoms with van der Waals surface area (Å²) in [6, 6.07) is 9.55. The van der Waals surface area contributed by atoms with Gasteiger partial charge in [-0.25, -0.2) is 4.39 Å². The van der Waals surface area contributed by atoms with Gasteiger partial charge in [0.1, 0.15) is 5.73 Å². The maximum absolute atomic E-state index is 14.5. The van der Waals surface area contributed by atoms with E-state index in [0.29, 0.717) is 0 Å². The van der Waals surface area contributed by atoms with Gasteiger partial charge in [-0.05, 0) is 58.0 Å². The summed E-state index contributed by atoms with van der Waals surface area (Å²) < 4.78 is 25.9. The van der Waals surface area contributed by atoms with Crippen molar-refractivity contribution in [2.75, 3.05) is 0 Å². The molecule has 0 radical (unpaired) electrons. The Morgan fingerprint density at radius 3 is 2.43 bits per heavy atom. The fraction of sp³-hybridized carbons (Fsp3) is 0.353. The lowest BCUT2D eigenvalue weighted by Crippen LogP contribution is -2.41. The number of rotatable bonds is 3. The molecule has 0 amide bonds. The van der Waals surface area contributed by atoms with E-state index in [4.69, 9.17) is 9.31 Å². The molecular formula is C17H19BFNO2S. The molecule has 1 aliphatic rings. The number of halogens is 1. The van der Waals surface area contributed by atoms with Crippen molar-refractivity contribution in [1.29, 1.82) is 0 Å². The molecule has 0 saturated carbocycles. The molecule has 3 rings (SSSR count). The van der Waals surface area contributed by atoms with Crippen molar-refractivity contribution in [3.8, 4) is 10.6 Å². The smallest absolute Gasteiger partial charge is 0.398 e. The maximum Gasteiger partial charge on any atom is 0.525 e. The highest BCUT2D eigenvalue weighted by atomic mass is 32.1. The largest absolute Gasteiger partial charge is 0.525 e. The number of aromatic nitrogens is 1. The first-order chi connectivity index (χ1) is 10.8. The molecule has 2 aromatic rings. The molecule has 3 heterocycles. The van der Waals surface area contributed by atoms with Crippen LogP contribution in [0.3, 0.4) is 0 Å². The summed E-state index contributed by atoms with van der Waals surface area (Å²) in [5, 5.41) is 0. The number of hydrogen-bond donors (Lipinski definition) is 0. The van der Waals surface area contributed by atoms with Crippen LogP contribution in [0.25, 0.3) is 16.6 Å². The van der Waals surface area contributed by atoms with E-state index in [2.05, 4.69) is 4.98 Å². The van der Waals surface area contributed by atoms with Crippen LogP contribution in [-0.4, -0.2) is 23.3 Å². The molecule has 0 aromatic carbocycles. The van der Waals surface area contributed by atoms with Crippen LogP contribution in [0.4, 0.5) is 4.39 Å². The summed E-state index contributed by atoms with van der Waals surface area (Å²) in [5.74, 6) is 0. The zero-order valence-electron chi connectivity index (χ0n) is 13.7. The molecule has 6 heteroatoms. The summed E-state index contributed by atoms with van der Waals surface area (Å²) in [4.78, 5) is 6.11. The molecule has 0 N–H and O–H groups in total. The van der Waals surface area contributed by atoms with Gasteiger partial charge in [-0.2, -0.15) is 0 Å². The quantitative estimate of drug-likeness (QED) is 0.761. The van der Waals surface area contributed by atoms with Gasteiger partial charge in [0, 0.05) is 11.1 Å². The Kier molecular flexibility index (Phi) is 4.17. The second-order valence-corrected chi connectivity index (χ2v) is 7.65. The standard InChI is InChI=1S/C17H19BFNO2S/c1-16(2)17(3,4)22-18(21-16)15(19)11-12-8-9-14(23-12)13-7-5-6-10-20-13/h5-11H,1-4H3. The van der Waals surface area contributed by atoms with Crippen molar-refractivity contribution in [3.05, 3.63) is 47.1 Å². The Balaban J connectivity index is 1.79. The van der Waals surface area contributed by atoms with Gasteiger partial charge in [-0.15, -0.1) is 11.3 Å². The molecule has 1 fully saturated rings. The molecule has 0 unspecified atom stereocenters. The Hall–Kier alpha value is -1.50. The molecule has 0 bridgehead atoms. The zero-order valence-corrected chi connectivity index (χ0v) is 14.5. The molecule has 0 atom stereocenters. The van der Waals surface area contributed by atoms with E-state index in [-0.39, 0.29) is 0 Å². The third-order valence-electron chi connectivity index (χ3n) is 4.30. The number of nitrogens with zero attached hydrogens (tertiary/aromatic N) is 1. The summed E-state index contributed by atoms with van der Waals surface area (Å²) in [6.45, 7) is 7.63. The van der Waals surface area contributed by atoms with Crippen molar-refractivity contribution < 1.29 is 13.7 Å². The fourth-order valence-corrected chi connectivity index (χ4v) is 3.16. The highest BCUT2D eigenvalue weighted by Crippen LogP contribution is 2.39. The minimum absolute atomic E-state index is 0.418. The molecule has 0 aliphatic carbocycles. The molecule has 120 valence electrons. The van der Waals surface area contributed by atoms with Crippen LogP contribution >= 0.6 is 11.3 Å². The predicted molar refractivity (Wildman–Crippen MR) is 92.7 cm³/mol. The molecular weight excluding hydrogens is 312 g/mol. The molecule has 3 nitrogen and oxygen atoms in total. The summed E-state index contributed by atoms with van der Waals surface area (Å²) in [5.41, 5.74) is -0.624. The van der Waals surface area contributed by atoms with E-state index >= 15 is 0 Å². The van der Waals surface area contributed by atoms with Gasteiger partial charge >= 0.3 is 7.12 Å². The molecule has 0 spiro atoms. The Morgan fingerprint density at radius 1 is 1.13 bits per heavy atom. The predicted octanol–water partition coefficient (Wildman–Crippen LogP) is 4.75. The lowest BCUT2D eigenvalue weighted by molar-refractivity contribution is 0.00578. The highest BCUT2D eigenvalue weighted by Gasteiger charge is 2.53. The van der Waals surface area contributed by atoms with Gasteiger partial charge in [-0.1, -0.05) is 6.07 Å². The topological polar surface area (TPSA) is 31.4 Å².